The maximum Gasteiger partial charge on any atom is 0.118 e. The first kappa shape index (κ1) is 12.6. The Hall–Kier alpha value is -2.39. The number of aromatic nitrogens is 1. The van der Waals surface area contributed by atoms with Gasteiger partial charge < -0.3 is 10.5 Å². The summed E-state index contributed by atoms with van der Waals surface area (Å²) in [6, 6.07) is 17.7. The molecule has 1 unspecified atom stereocenters. The Morgan fingerprint density at radius 2 is 1.80 bits per heavy atom. The first-order chi connectivity index (χ1) is 9.79. The molecule has 0 aliphatic carbocycles. The van der Waals surface area contributed by atoms with Crippen molar-refractivity contribution in [2.75, 3.05) is 7.11 Å². The van der Waals surface area contributed by atoms with E-state index in [0.717, 1.165) is 27.8 Å². The fourth-order valence-corrected chi connectivity index (χ4v) is 2.39. The Morgan fingerprint density at radius 3 is 2.55 bits per heavy atom. The summed E-state index contributed by atoms with van der Waals surface area (Å²) < 4.78 is 5.17. The summed E-state index contributed by atoms with van der Waals surface area (Å²) in [5, 5.41) is 1.10. The van der Waals surface area contributed by atoms with Crippen LogP contribution in [0.3, 0.4) is 0 Å². The number of pyridine rings is 1. The van der Waals surface area contributed by atoms with Crippen molar-refractivity contribution in [2.24, 2.45) is 5.73 Å². The molecule has 3 heteroatoms. The molecule has 1 aromatic heterocycles. The average Bonchev–Trinajstić information content (AvgIpc) is 2.54. The Labute approximate surface area is 118 Å². The Balaban J connectivity index is 2.05. The first-order valence-corrected chi connectivity index (χ1v) is 6.53. The normalized spacial score (nSPS) is 12.3. The van der Waals surface area contributed by atoms with E-state index in [-0.39, 0.29) is 6.04 Å². The SMILES string of the molecule is COc1ccc(C(N)c2cccc3ncccc23)cc1. The van der Waals surface area contributed by atoms with Crippen LogP contribution in [0.1, 0.15) is 17.2 Å². The number of hydrogen-bond donors (Lipinski definition) is 1. The van der Waals surface area contributed by atoms with Gasteiger partial charge in [0, 0.05) is 11.6 Å². The van der Waals surface area contributed by atoms with Crippen molar-refractivity contribution in [2.45, 2.75) is 6.04 Å². The van der Waals surface area contributed by atoms with E-state index in [9.17, 15) is 0 Å². The van der Waals surface area contributed by atoms with Gasteiger partial charge in [0.1, 0.15) is 5.75 Å². The van der Waals surface area contributed by atoms with Crippen molar-refractivity contribution >= 4 is 10.9 Å². The van der Waals surface area contributed by atoms with E-state index >= 15 is 0 Å². The van der Waals surface area contributed by atoms with Gasteiger partial charge in [-0.05, 0) is 35.4 Å². The van der Waals surface area contributed by atoms with Crippen LogP contribution in [-0.4, -0.2) is 12.1 Å². The summed E-state index contributed by atoms with van der Waals surface area (Å²) in [5.74, 6) is 0.834. The van der Waals surface area contributed by atoms with Gasteiger partial charge in [-0.3, -0.25) is 4.98 Å². The van der Waals surface area contributed by atoms with E-state index in [1.807, 2.05) is 42.5 Å². The van der Waals surface area contributed by atoms with E-state index in [1.165, 1.54) is 0 Å². The number of hydrogen-bond acceptors (Lipinski definition) is 3. The molecule has 0 saturated carbocycles. The summed E-state index contributed by atoms with van der Waals surface area (Å²) in [6.07, 6.45) is 1.80. The Kier molecular flexibility index (Phi) is 3.35. The van der Waals surface area contributed by atoms with Gasteiger partial charge in [-0.15, -0.1) is 0 Å². The van der Waals surface area contributed by atoms with Gasteiger partial charge in [-0.2, -0.15) is 0 Å². The highest BCUT2D eigenvalue weighted by molar-refractivity contribution is 5.82. The first-order valence-electron chi connectivity index (χ1n) is 6.53. The monoisotopic (exact) mass is 264 g/mol. The highest BCUT2D eigenvalue weighted by Crippen LogP contribution is 2.27. The van der Waals surface area contributed by atoms with Crippen LogP contribution in [0.25, 0.3) is 10.9 Å². The van der Waals surface area contributed by atoms with Crippen LogP contribution in [0.15, 0.2) is 60.8 Å². The molecule has 3 nitrogen and oxygen atoms in total. The molecule has 0 aliphatic rings. The number of ether oxygens (including phenoxy) is 1. The number of rotatable bonds is 3. The lowest BCUT2D eigenvalue weighted by Gasteiger charge is -2.15. The topological polar surface area (TPSA) is 48.1 Å². The molecule has 3 rings (SSSR count). The van der Waals surface area contributed by atoms with Crippen molar-refractivity contribution < 1.29 is 4.74 Å². The Morgan fingerprint density at radius 1 is 1.00 bits per heavy atom. The fraction of sp³-hybridized carbons (Fsp3) is 0.118. The summed E-state index contributed by atoms with van der Waals surface area (Å²) in [7, 11) is 1.66. The molecule has 0 amide bonds. The van der Waals surface area contributed by atoms with Crippen LogP contribution in [0.4, 0.5) is 0 Å². The van der Waals surface area contributed by atoms with Gasteiger partial charge in [-0.1, -0.05) is 30.3 Å². The molecule has 1 atom stereocenters. The third kappa shape index (κ3) is 2.24. The average molecular weight is 264 g/mol. The molecular weight excluding hydrogens is 248 g/mol. The third-order valence-corrected chi connectivity index (χ3v) is 3.49. The predicted molar refractivity (Wildman–Crippen MR) is 80.8 cm³/mol. The van der Waals surface area contributed by atoms with Gasteiger partial charge in [0.15, 0.2) is 0 Å². The van der Waals surface area contributed by atoms with Gasteiger partial charge in [0.05, 0.1) is 18.7 Å². The van der Waals surface area contributed by atoms with Crippen LogP contribution in [0, 0.1) is 0 Å². The van der Waals surface area contributed by atoms with E-state index in [0.29, 0.717) is 0 Å². The number of nitrogens with two attached hydrogens (primary N) is 1. The van der Waals surface area contributed by atoms with E-state index in [4.69, 9.17) is 10.5 Å². The quantitative estimate of drug-likeness (QED) is 0.789. The van der Waals surface area contributed by atoms with Crippen LogP contribution in [0.2, 0.25) is 0 Å². The summed E-state index contributed by atoms with van der Waals surface area (Å²) in [4.78, 5) is 4.37. The Bertz CT molecular complexity index is 717. The maximum atomic E-state index is 6.41. The minimum Gasteiger partial charge on any atom is -0.497 e. The maximum absolute atomic E-state index is 6.41. The molecule has 0 aliphatic heterocycles. The van der Waals surface area contributed by atoms with Gasteiger partial charge in [0.2, 0.25) is 0 Å². The van der Waals surface area contributed by atoms with Crippen LogP contribution < -0.4 is 10.5 Å². The highest BCUT2D eigenvalue weighted by atomic mass is 16.5. The van der Waals surface area contributed by atoms with Crippen molar-refractivity contribution in [1.29, 1.82) is 0 Å². The minimum atomic E-state index is -0.172. The molecule has 20 heavy (non-hydrogen) atoms. The molecular formula is C17H16N2O. The molecule has 0 radical (unpaired) electrons. The van der Waals surface area contributed by atoms with E-state index < -0.39 is 0 Å². The van der Waals surface area contributed by atoms with Crippen LogP contribution in [-0.2, 0) is 0 Å². The van der Waals surface area contributed by atoms with Crippen molar-refractivity contribution in [3.8, 4) is 5.75 Å². The fourth-order valence-electron chi connectivity index (χ4n) is 2.39. The zero-order valence-corrected chi connectivity index (χ0v) is 11.3. The standard InChI is InChI=1S/C17H16N2O/c1-20-13-9-7-12(8-10-13)17(18)15-4-2-6-16-14(15)5-3-11-19-16/h2-11,17H,18H2,1H3. The second kappa shape index (κ2) is 5.31. The minimum absolute atomic E-state index is 0.172. The number of fused-ring (bicyclic) bond motifs is 1. The molecule has 100 valence electrons. The molecule has 3 aromatic rings. The highest BCUT2D eigenvalue weighted by Gasteiger charge is 2.12. The lowest BCUT2D eigenvalue weighted by molar-refractivity contribution is 0.414. The molecule has 0 spiro atoms. The van der Waals surface area contributed by atoms with Gasteiger partial charge in [0.25, 0.3) is 0 Å². The van der Waals surface area contributed by atoms with Crippen LogP contribution in [0.5, 0.6) is 5.75 Å². The molecule has 2 aromatic carbocycles. The number of nitrogens with zero attached hydrogens (tertiary/aromatic N) is 1. The third-order valence-electron chi connectivity index (χ3n) is 3.49. The second-order valence-corrected chi connectivity index (χ2v) is 4.67. The molecule has 0 bridgehead atoms. The zero-order valence-electron chi connectivity index (χ0n) is 11.3. The van der Waals surface area contributed by atoms with E-state index in [2.05, 4.69) is 17.1 Å². The summed E-state index contributed by atoms with van der Waals surface area (Å²) >= 11 is 0. The number of benzene rings is 2. The van der Waals surface area contributed by atoms with Gasteiger partial charge >= 0.3 is 0 Å². The molecule has 1 heterocycles. The summed E-state index contributed by atoms with van der Waals surface area (Å²) in [6.45, 7) is 0. The molecule has 2 N–H and O–H groups in total. The predicted octanol–water partition coefficient (Wildman–Crippen LogP) is 3.29. The smallest absolute Gasteiger partial charge is 0.118 e. The second-order valence-electron chi connectivity index (χ2n) is 4.67. The van der Waals surface area contributed by atoms with Crippen molar-refractivity contribution in [1.82, 2.24) is 4.98 Å². The van der Waals surface area contributed by atoms with Gasteiger partial charge in [-0.25, -0.2) is 0 Å². The zero-order chi connectivity index (χ0) is 13.9. The van der Waals surface area contributed by atoms with Crippen molar-refractivity contribution in [3.63, 3.8) is 0 Å². The lowest BCUT2D eigenvalue weighted by Crippen LogP contribution is -2.12. The van der Waals surface area contributed by atoms with Crippen LogP contribution >= 0.6 is 0 Å². The summed E-state index contributed by atoms with van der Waals surface area (Å²) in [5.41, 5.74) is 9.51. The largest absolute Gasteiger partial charge is 0.497 e. The molecule has 0 saturated heterocycles. The lowest BCUT2D eigenvalue weighted by atomic mass is 9.96. The molecule has 0 fully saturated rings. The van der Waals surface area contributed by atoms with Crippen molar-refractivity contribution in [3.05, 3.63) is 71.9 Å². The van der Waals surface area contributed by atoms with E-state index in [1.54, 1.807) is 13.3 Å². The number of methoxy groups -OCH3 is 1.